The molecule has 1 aliphatic rings. The predicted octanol–water partition coefficient (Wildman–Crippen LogP) is 2.48. The van der Waals surface area contributed by atoms with E-state index < -0.39 is 0 Å². The molecule has 2 N–H and O–H groups in total. The minimum atomic E-state index is 0.637. The molecule has 0 radical (unpaired) electrons. The standard InChI is InChI=1S/C10H15N3S/c11-8-6-12-10(13-7-8)14-9-4-2-1-3-5-9/h6-7,9H,1-5,11H2. The molecule has 4 heteroatoms. The van der Waals surface area contributed by atoms with Crippen LogP contribution in [0.25, 0.3) is 0 Å². The topological polar surface area (TPSA) is 51.8 Å². The fraction of sp³-hybridized carbons (Fsp3) is 0.600. The summed E-state index contributed by atoms with van der Waals surface area (Å²) in [6.45, 7) is 0. The normalized spacial score (nSPS) is 18.3. The number of hydrogen-bond acceptors (Lipinski definition) is 4. The zero-order chi connectivity index (χ0) is 9.80. The van der Waals surface area contributed by atoms with Crippen molar-refractivity contribution in [3.8, 4) is 0 Å². The van der Waals surface area contributed by atoms with Gasteiger partial charge in [0, 0.05) is 5.25 Å². The van der Waals surface area contributed by atoms with E-state index in [0.717, 1.165) is 5.16 Å². The van der Waals surface area contributed by atoms with Gasteiger partial charge in [0.25, 0.3) is 0 Å². The van der Waals surface area contributed by atoms with Gasteiger partial charge < -0.3 is 5.73 Å². The largest absolute Gasteiger partial charge is 0.396 e. The maximum absolute atomic E-state index is 5.53. The highest BCUT2D eigenvalue weighted by atomic mass is 32.2. The van der Waals surface area contributed by atoms with Gasteiger partial charge in [-0.15, -0.1) is 0 Å². The van der Waals surface area contributed by atoms with E-state index in [0.29, 0.717) is 10.9 Å². The Morgan fingerprint density at radius 2 is 1.79 bits per heavy atom. The maximum Gasteiger partial charge on any atom is 0.187 e. The molecule has 0 saturated heterocycles. The summed E-state index contributed by atoms with van der Waals surface area (Å²) in [6, 6.07) is 0. The third kappa shape index (κ3) is 2.61. The minimum Gasteiger partial charge on any atom is -0.396 e. The first kappa shape index (κ1) is 9.77. The van der Waals surface area contributed by atoms with E-state index in [-0.39, 0.29) is 0 Å². The number of hydrogen-bond donors (Lipinski definition) is 1. The van der Waals surface area contributed by atoms with Crippen molar-refractivity contribution in [1.29, 1.82) is 0 Å². The predicted molar refractivity (Wildman–Crippen MR) is 59.2 cm³/mol. The Bertz CT molecular complexity index is 280. The Morgan fingerprint density at radius 1 is 1.14 bits per heavy atom. The smallest absolute Gasteiger partial charge is 0.187 e. The molecule has 2 rings (SSSR count). The zero-order valence-corrected chi connectivity index (χ0v) is 8.96. The van der Waals surface area contributed by atoms with Crippen molar-refractivity contribution in [2.24, 2.45) is 0 Å². The first-order valence-electron chi connectivity index (χ1n) is 5.09. The second kappa shape index (κ2) is 4.64. The first-order chi connectivity index (χ1) is 6.84. The summed E-state index contributed by atoms with van der Waals surface area (Å²) in [7, 11) is 0. The van der Waals surface area contributed by atoms with E-state index >= 15 is 0 Å². The summed E-state index contributed by atoms with van der Waals surface area (Å²) in [4.78, 5) is 8.40. The van der Waals surface area contributed by atoms with Crippen molar-refractivity contribution < 1.29 is 0 Å². The quantitative estimate of drug-likeness (QED) is 0.760. The van der Waals surface area contributed by atoms with Crippen LogP contribution < -0.4 is 5.73 Å². The van der Waals surface area contributed by atoms with E-state index in [4.69, 9.17) is 5.73 Å². The van der Waals surface area contributed by atoms with Crippen molar-refractivity contribution >= 4 is 17.4 Å². The average molecular weight is 209 g/mol. The fourth-order valence-electron chi connectivity index (χ4n) is 1.72. The van der Waals surface area contributed by atoms with Crippen LogP contribution in [0, 0.1) is 0 Å². The molecule has 76 valence electrons. The van der Waals surface area contributed by atoms with Crippen LogP contribution in [0.2, 0.25) is 0 Å². The summed E-state index contributed by atoms with van der Waals surface area (Å²) >= 11 is 1.80. The van der Waals surface area contributed by atoms with Crippen molar-refractivity contribution in [2.75, 3.05) is 5.73 Å². The molecule has 0 atom stereocenters. The second-order valence-corrected chi connectivity index (χ2v) is 4.94. The van der Waals surface area contributed by atoms with Gasteiger partial charge in [-0.1, -0.05) is 31.0 Å². The lowest BCUT2D eigenvalue weighted by Gasteiger charge is -2.19. The Labute approximate surface area is 88.5 Å². The molecule has 0 spiro atoms. The Hall–Kier alpha value is -0.770. The minimum absolute atomic E-state index is 0.637. The van der Waals surface area contributed by atoms with Crippen LogP contribution in [-0.4, -0.2) is 15.2 Å². The van der Waals surface area contributed by atoms with Gasteiger partial charge >= 0.3 is 0 Å². The second-order valence-electron chi connectivity index (χ2n) is 3.68. The monoisotopic (exact) mass is 209 g/mol. The lowest BCUT2D eigenvalue weighted by Crippen LogP contribution is -2.08. The number of anilines is 1. The molecule has 0 unspecified atom stereocenters. The van der Waals surface area contributed by atoms with Crippen LogP contribution in [-0.2, 0) is 0 Å². The van der Waals surface area contributed by atoms with Crippen LogP contribution in [0.15, 0.2) is 17.6 Å². The summed E-state index contributed by atoms with van der Waals surface area (Å²) in [5, 5.41) is 1.58. The van der Waals surface area contributed by atoms with Gasteiger partial charge in [-0.25, -0.2) is 9.97 Å². The van der Waals surface area contributed by atoms with Crippen LogP contribution in [0.5, 0.6) is 0 Å². The number of rotatable bonds is 2. The van der Waals surface area contributed by atoms with Gasteiger partial charge in [0.1, 0.15) is 0 Å². The number of nitrogens with two attached hydrogens (primary N) is 1. The van der Waals surface area contributed by atoms with Crippen LogP contribution in [0.4, 0.5) is 5.69 Å². The van der Waals surface area contributed by atoms with Crippen molar-refractivity contribution in [2.45, 2.75) is 42.5 Å². The van der Waals surface area contributed by atoms with Crippen LogP contribution in [0.3, 0.4) is 0 Å². The molecular weight excluding hydrogens is 194 g/mol. The highest BCUT2D eigenvalue weighted by molar-refractivity contribution is 7.99. The molecule has 0 amide bonds. The van der Waals surface area contributed by atoms with Gasteiger partial charge in [0.2, 0.25) is 0 Å². The maximum atomic E-state index is 5.53. The van der Waals surface area contributed by atoms with E-state index in [2.05, 4.69) is 9.97 Å². The third-order valence-electron chi connectivity index (χ3n) is 2.47. The summed E-state index contributed by atoms with van der Waals surface area (Å²) in [5.41, 5.74) is 6.16. The molecule has 3 nitrogen and oxygen atoms in total. The zero-order valence-electron chi connectivity index (χ0n) is 8.15. The van der Waals surface area contributed by atoms with E-state index in [1.165, 1.54) is 32.1 Å². The molecule has 1 aromatic rings. The molecule has 1 heterocycles. The fourth-order valence-corrected chi connectivity index (χ4v) is 2.81. The Morgan fingerprint density at radius 3 is 2.43 bits per heavy atom. The average Bonchev–Trinajstić information content (AvgIpc) is 2.23. The Kier molecular flexibility index (Phi) is 3.24. The summed E-state index contributed by atoms with van der Waals surface area (Å²) in [5.74, 6) is 0. The van der Waals surface area contributed by atoms with Crippen molar-refractivity contribution in [1.82, 2.24) is 9.97 Å². The highest BCUT2D eigenvalue weighted by Crippen LogP contribution is 2.31. The molecule has 1 saturated carbocycles. The molecule has 1 aromatic heterocycles. The number of aromatic nitrogens is 2. The molecular formula is C10H15N3S. The van der Waals surface area contributed by atoms with Gasteiger partial charge in [0.05, 0.1) is 18.1 Å². The van der Waals surface area contributed by atoms with Crippen LogP contribution in [0.1, 0.15) is 32.1 Å². The van der Waals surface area contributed by atoms with E-state index in [1.807, 2.05) is 0 Å². The van der Waals surface area contributed by atoms with Crippen molar-refractivity contribution in [3.63, 3.8) is 0 Å². The van der Waals surface area contributed by atoms with Gasteiger partial charge in [0.15, 0.2) is 5.16 Å². The summed E-state index contributed by atoms with van der Waals surface area (Å²) in [6.07, 6.45) is 10.1. The van der Waals surface area contributed by atoms with Crippen LogP contribution >= 0.6 is 11.8 Å². The van der Waals surface area contributed by atoms with E-state index in [9.17, 15) is 0 Å². The lowest BCUT2D eigenvalue weighted by atomic mass is 10.0. The van der Waals surface area contributed by atoms with Gasteiger partial charge in [-0.2, -0.15) is 0 Å². The third-order valence-corrected chi connectivity index (χ3v) is 3.70. The molecule has 0 bridgehead atoms. The van der Waals surface area contributed by atoms with E-state index in [1.54, 1.807) is 24.2 Å². The lowest BCUT2D eigenvalue weighted by molar-refractivity contribution is 0.515. The number of nitrogens with zero attached hydrogens (tertiary/aromatic N) is 2. The number of nitrogen functional groups attached to an aromatic ring is 1. The molecule has 14 heavy (non-hydrogen) atoms. The molecule has 1 aliphatic carbocycles. The first-order valence-corrected chi connectivity index (χ1v) is 5.97. The number of thioether (sulfide) groups is 1. The molecule has 0 aromatic carbocycles. The van der Waals surface area contributed by atoms with Gasteiger partial charge in [-0.05, 0) is 12.8 Å². The van der Waals surface area contributed by atoms with Crippen molar-refractivity contribution in [3.05, 3.63) is 12.4 Å². The Balaban J connectivity index is 1.92. The summed E-state index contributed by atoms with van der Waals surface area (Å²) < 4.78 is 0. The SMILES string of the molecule is Nc1cnc(SC2CCCCC2)nc1. The molecule has 0 aliphatic heterocycles. The highest BCUT2D eigenvalue weighted by Gasteiger charge is 2.15. The van der Waals surface area contributed by atoms with Gasteiger partial charge in [-0.3, -0.25) is 0 Å². The molecule has 1 fully saturated rings.